The van der Waals surface area contributed by atoms with Crippen LogP contribution in [0.15, 0.2) is 24.3 Å². The molecule has 0 aromatic heterocycles. The summed E-state index contributed by atoms with van der Waals surface area (Å²) in [4.78, 5) is 11.7. The Balaban J connectivity index is 2.11. The summed E-state index contributed by atoms with van der Waals surface area (Å²) in [7, 11) is 0. The van der Waals surface area contributed by atoms with E-state index in [1.807, 2.05) is 12.1 Å². The van der Waals surface area contributed by atoms with E-state index in [0.717, 1.165) is 24.8 Å². The lowest BCUT2D eigenvalue weighted by Crippen LogP contribution is -2.25. The summed E-state index contributed by atoms with van der Waals surface area (Å²) >= 11 is 0. The van der Waals surface area contributed by atoms with E-state index >= 15 is 0 Å². The summed E-state index contributed by atoms with van der Waals surface area (Å²) in [6.07, 6.45) is 2.99. The van der Waals surface area contributed by atoms with Crippen molar-refractivity contribution in [3.05, 3.63) is 35.4 Å². The van der Waals surface area contributed by atoms with Crippen LogP contribution < -0.4 is 5.73 Å². The minimum absolute atomic E-state index is 0.0820. The summed E-state index contributed by atoms with van der Waals surface area (Å²) in [5, 5.41) is 0. The number of hydrogen-bond acceptors (Lipinski definition) is 3. The second-order valence-corrected chi connectivity index (χ2v) is 4.65. The normalized spacial score (nSPS) is 20.5. The maximum atomic E-state index is 11.7. The van der Waals surface area contributed by atoms with Gasteiger partial charge in [-0.3, -0.25) is 4.79 Å². The highest BCUT2D eigenvalue weighted by Crippen LogP contribution is 2.32. The molecule has 0 spiro atoms. The highest BCUT2D eigenvalue weighted by atomic mass is 16.5. The van der Waals surface area contributed by atoms with Crippen LogP contribution in [0, 0.1) is 5.92 Å². The lowest BCUT2D eigenvalue weighted by Gasteiger charge is -2.26. The van der Waals surface area contributed by atoms with Crippen molar-refractivity contribution in [1.29, 1.82) is 0 Å². The molecule has 1 aliphatic rings. The Kier molecular flexibility index (Phi) is 3.79. The van der Waals surface area contributed by atoms with Crippen LogP contribution in [0.25, 0.3) is 0 Å². The zero-order valence-electron chi connectivity index (χ0n) is 10.2. The molecule has 92 valence electrons. The highest BCUT2D eigenvalue weighted by Gasteiger charge is 2.24. The summed E-state index contributed by atoms with van der Waals surface area (Å²) in [6, 6.07) is 8.20. The Morgan fingerprint density at radius 3 is 3.06 bits per heavy atom. The fraction of sp³-hybridized carbons (Fsp3) is 0.500. The van der Waals surface area contributed by atoms with E-state index < -0.39 is 0 Å². The van der Waals surface area contributed by atoms with E-state index in [4.69, 9.17) is 10.5 Å². The first-order valence-electron chi connectivity index (χ1n) is 6.20. The number of esters is 1. The second-order valence-electron chi connectivity index (χ2n) is 4.65. The maximum Gasteiger partial charge on any atom is 0.310 e. The number of ether oxygens (including phenoxy) is 1. The molecule has 3 heteroatoms. The number of carbonyl (C=O) groups is 1. The molecular weight excluding hydrogens is 214 g/mol. The standard InChI is InChI=1S/C14H19NO2/c1-10(9-15)14(16)17-13-8-4-6-11-5-2-3-7-12(11)13/h2-3,5,7,10,13H,4,6,8-9,15H2,1H3. The first kappa shape index (κ1) is 12.1. The number of hydrogen-bond donors (Lipinski definition) is 1. The number of benzene rings is 1. The van der Waals surface area contributed by atoms with Gasteiger partial charge in [0.15, 0.2) is 0 Å². The Hall–Kier alpha value is -1.35. The monoisotopic (exact) mass is 233 g/mol. The summed E-state index contributed by atoms with van der Waals surface area (Å²) in [5.74, 6) is -0.404. The van der Waals surface area contributed by atoms with Crippen LogP contribution in [0.4, 0.5) is 0 Å². The molecule has 0 aliphatic heterocycles. The van der Waals surface area contributed by atoms with Gasteiger partial charge in [-0.1, -0.05) is 31.2 Å². The third-order valence-corrected chi connectivity index (χ3v) is 3.33. The molecule has 0 fully saturated rings. The van der Waals surface area contributed by atoms with Crippen molar-refractivity contribution in [2.24, 2.45) is 11.7 Å². The van der Waals surface area contributed by atoms with Crippen LogP contribution in [-0.2, 0) is 16.0 Å². The molecule has 0 saturated heterocycles. The van der Waals surface area contributed by atoms with Gasteiger partial charge < -0.3 is 10.5 Å². The Morgan fingerprint density at radius 2 is 2.29 bits per heavy atom. The van der Waals surface area contributed by atoms with E-state index in [1.54, 1.807) is 6.92 Å². The van der Waals surface area contributed by atoms with Crippen LogP contribution in [-0.4, -0.2) is 12.5 Å². The molecule has 2 rings (SSSR count). The number of aryl methyl sites for hydroxylation is 1. The van der Waals surface area contributed by atoms with Gasteiger partial charge in [0.2, 0.25) is 0 Å². The molecule has 2 unspecified atom stereocenters. The fourth-order valence-corrected chi connectivity index (χ4v) is 2.18. The Bertz CT molecular complexity index is 403. The molecule has 1 aromatic rings. The quantitative estimate of drug-likeness (QED) is 0.814. The van der Waals surface area contributed by atoms with E-state index in [1.165, 1.54) is 5.56 Å². The maximum absolute atomic E-state index is 11.7. The zero-order chi connectivity index (χ0) is 12.3. The van der Waals surface area contributed by atoms with E-state index in [0.29, 0.717) is 6.54 Å². The van der Waals surface area contributed by atoms with Gasteiger partial charge >= 0.3 is 5.97 Å². The third-order valence-electron chi connectivity index (χ3n) is 3.33. The first-order valence-corrected chi connectivity index (χ1v) is 6.20. The van der Waals surface area contributed by atoms with Crippen LogP contribution in [0.2, 0.25) is 0 Å². The van der Waals surface area contributed by atoms with Crippen molar-refractivity contribution in [2.75, 3.05) is 6.54 Å². The second kappa shape index (κ2) is 5.32. The van der Waals surface area contributed by atoms with Crippen LogP contribution in [0.3, 0.4) is 0 Å². The lowest BCUT2D eigenvalue weighted by atomic mass is 9.89. The van der Waals surface area contributed by atoms with Gasteiger partial charge in [0, 0.05) is 6.54 Å². The van der Waals surface area contributed by atoms with Gasteiger partial charge in [-0.05, 0) is 30.4 Å². The molecule has 0 saturated carbocycles. The highest BCUT2D eigenvalue weighted by molar-refractivity contribution is 5.72. The average Bonchev–Trinajstić information content (AvgIpc) is 2.38. The molecule has 1 aliphatic carbocycles. The van der Waals surface area contributed by atoms with Gasteiger partial charge in [-0.25, -0.2) is 0 Å². The van der Waals surface area contributed by atoms with Crippen molar-refractivity contribution < 1.29 is 9.53 Å². The number of carbonyl (C=O) groups excluding carboxylic acids is 1. The molecule has 0 amide bonds. The van der Waals surface area contributed by atoms with Gasteiger partial charge in [0.05, 0.1) is 5.92 Å². The topological polar surface area (TPSA) is 52.3 Å². The van der Waals surface area contributed by atoms with Gasteiger partial charge in [0.25, 0.3) is 0 Å². The molecule has 1 aromatic carbocycles. The predicted molar refractivity (Wildman–Crippen MR) is 66.4 cm³/mol. The summed E-state index contributed by atoms with van der Waals surface area (Å²) in [6.45, 7) is 2.14. The molecular formula is C14H19NO2. The minimum atomic E-state index is -0.218. The lowest BCUT2D eigenvalue weighted by molar-refractivity contribution is -0.154. The van der Waals surface area contributed by atoms with E-state index in [9.17, 15) is 4.79 Å². The molecule has 0 heterocycles. The predicted octanol–water partition coefficient (Wildman–Crippen LogP) is 2.20. The molecule has 2 N–H and O–H groups in total. The van der Waals surface area contributed by atoms with Gasteiger partial charge in [0.1, 0.15) is 6.10 Å². The van der Waals surface area contributed by atoms with E-state index in [-0.39, 0.29) is 18.0 Å². The number of rotatable bonds is 3. The Morgan fingerprint density at radius 1 is 1.53 bits per heavy atom. The van der Waals surface area contributed by atoms with Gasteiger partial charge in [-0.15, -0.1) is 0 Å². The summed E-state index contributed by atoms with van der Waals surface area (Å²) in [5.41, 5.74) is 7.94. The number of fused-ring (bicyclic) bond motifs is 1. The van der Waals surface area contributed by atoms with Crippen LogP contribution in [0.1, 0.15) is 37.0 Å². The minimum Gasteiger partial charge on any atom is -0.457 e. The molecule has 17 heavy (non-hydrogen) atoms. The van der Waals surface area contributed by atoms with Crippen molar-refractivity contribution in [3.8, 4) is 0 Å². The smallest absolute Gasteiger partial charge is 0.310 e. The molecule has 0 bridgehead atoms. The van der Waals surface area contributed by atoms with Gasteiger partial charge in [-0.2, -0.15) is 0 Å². The van der Waals surface area contributed by atoms with Crippen LogP contribution >= 0.6 is 0 Å². The molecule has 2 atom stereocenters. The molecule has 3 nitrogen and oxygen atoms in total. The zero-order valence-corrected chi connectivity index (χ0v) is 10.2. The van der Waals surface area contributed by atoms with Crippen molar-refractivity contribution >= 4 is 5.97 Å². The van der Waals surface area contributed by atoms with Crippen LogP contribution in [0.5, 0.6) is 0 Å². The van der Waals surface area contributed by atoms with Crippen molar-refractivity contribution in [2.45, 2.75) is 32.3 Å². The largest absolute Gasteiger partial charge is 0.457 e. The first-order chi connectivity index (χ1) is 8.22. The fourth-order valence-electron chi connectivity index (χ4n) is 2.18. The average molecular weight is 233 g/mol. The third kappa shape index (κ3) is 2.67. The summed E-state index contributed by atoms with van der Waals surface area (Å²) < 4.78 is 5.55. The van der Waals surface area contributed by atoms with Crippen molar-refractivity contribution in [1.82, 2.24) is 0 Å². The Labute approximate surface area is 102 Å². The van der Waals surface area contributed by atoms with E-state index in [2.05, 4.69) is 12.1 Å². The molecule has 0 radical (unpaired) electrons. The van der Waals surface area contributed by atoms with Crippen molar-refractivity contribution in [3.63, 3.8) is 0 Å². The SMILES string of the molecule is CC(CN)C(=O)OC1CCCc2ccccc21. The number of nitrogens with two attached hydrogens (primary N) is 1.